The molecule has 2 heterocycles. The average Bonchev–Trinajstić information content (AvgIpc) is 2.94. The Balaban J connectivity index is 1.53. The number of phenols is 1. The van der Waals surface area contributed by atoms with E-state index < -0.39 is 17.5 Å². The molecule has 0 atom stereocenters. The number of hydrogen-bond acceptors (Lipinski definition) is 5. The van der Waals surface area contributed by atoms with Crippen LogP contribution in [0, 0.1) is 6.92 Å². The third-order valence-corrected chi connectivity index (χ3v) is 6.00. The first-order chi connectivity index (χ1) is 13.1. The van der Waals surface area contributed by atoms with Gasteiger partial charge in [-0.15, -0.1) is 0 Å². The molecule has 3 fully saturated rings. The quantitative estimate of drug-likeness (QED) is 0.736. The first-order valence-corrected chi connectivity index (χ1v) is 8.84. The van der Waals surface area contributed by atoms with E-state index in [0.29, 0.717) is 17.2 Å². The molecule has 3 aliphatic rings. The maximum Gasteiger partial charge on any atom is 0.416 e. The molecule has 1 N–H and O–H groups in total. The van der Waals surface area contributed by atoms with Gasteiger partial charge in [0.05, 0.1) is 34.8 Å². The maximum absolute atomic E-state index is 12.9. The van der Waals surface area contributed by atoms with Crippen molar-refractivity contribution in [3.8, 4) is 17.0 Å². The molecular formula is C19H17F3N4O2. The summed E-state index contributed by atoms with van der Waals surface area (Å²) in [6, 6.07) is 1.70. The average molecular weight is 390 g/mol. The van der Waals surface area contributed by atoms with Crippen LogP contribution in [0.3, 0.4) is 0 Å². The number of fused-ring (bicyclic) bond motifs is 1. The monoisotopic (exact) mass is 390 g/mol. The fourth-order valence-corrected chi connectivity index (χ4v) is 4.53. The van der Waals surface area contributed by atoms with Crippen LogP contribution < -0.4 is 0 Å². The van der Waals surface area contributed by atoms with Crippen LogP contribution in [0.2, 0.25) is 0 Å². The van der Waals surface area contributed by atoms with Crippen molar-refractivity contribution in [1.82, 2.24) is 19.7 Å². The molecule has 3 aromatic rings. The number of nitrogens with zero attached hydrogens (tertiary/aromatic N) is 4. The van der Waals surface area contributed by atoms with Gasteiger partial charge in [0.15, 0.2) is 5.65 Å². The van der Waals surface area contributed by atoms with Gasteiger partial charge in [0.2, 0.25) is 0 Å². The highest BCUT2D eigenvalue weighted by molar-refractivity contribution is 5.77. The van der Waals surface area contributed by atoms with Crippen LogP contribution in [0.4, 0.5) is 13.2 Å². The highest BCUT2D eigenvalue weighted by atomic mass is 19.4. The topological polar surface area (TPSA) is 73.1 Å². The minimum atomic E-state index is -4.53. The molecule has 0 unspecified atom stereocenters. The van der Waals surface area contributed by atoms with Crippen molar-refractivity contribution in [3.63, 3.8) is 0 Å². The Bertz CT molecular complexity index is 1080. The van der Waals surface area contributed by atoms with Crippen molar-refractivity contribution in [1.29, 1.82) is 0 Å². The van der Waals surface area contributed by atoms with Gasteiger partial charge in [-0.05, 0) is 24.6 Å². The number of aryl methyl sites for hydroxylation is 1. The lowest BCUT2D eigenvalue weighted by molar-refractivity contribution is -0.265. The Morgan fingerprint density at radius 1 is 1.21 bits per heavy atom. The smallest absolute Gasteiger partial charge is 0.416 e. The van der Waals surface area contributed by atoms with Crippen molar-refractivity contribution in [2.24, 2.45) is 0 Å². The zero-order valence-electron chi connectivity index (χ0n) is 15.2. The minimum Gasteiger partial charge on any atom is -0.507 e. The number of ether oxygens (including phenoxy) is 1. The summed E-state index contributed by atoms with van der Waals surface area (Å²) in [5.74, 6) is -0.484. The van der Waals surface area contributed by atoms with E-state index in [9.17, 15) is 18.3 Å². The maximum atomic E-state index is 12.9. The number of rotatable bonds is 3. The molecule has 0 radical (unpaired) electrons. The van der Waals surface area contributed by atoms with E-state index in [1.54, 1.807) is 7.11 Å². The summed E-state index contributed by atoms with van der Waals surface area (Å²) < 4.78 is 46.2. The van der Waals surface area contributed by atoms with Gasteiger partial charge in [0.1, 0.15) is 11.3 Å². The predicted molar refractivity (Wildman–Crippen MR) is 93.7 cm³/mol. The summed E-state index contributed by atoms with van der Waals surface area (Å²) in [4.78, 5) is 8.79. The van der Waals surface area contributed by atoms with Gasteiger partial charge in [-0.3, -0.25) is 4.68 Å². The lowest BCUT2D eigenvalue weighted by atomic mass is 9.46. The zero-order chi connectivity index (χ0) is 19.9. The Morgan fingerprint density at radius 2 is 1.93 bits per heavy atom. The van der Waals surface area contributed by atoms with Crippen molar-refractivity contribution in [2.75, 3.05) is 7.11 Å². The van der Waals surface area contributed by atoms with E-state index in [1.807, 2.05) is 10.9 Å². The molecule has 2 bridgehead atoms. The van der Waals surface area contributed by atoms with Crippen LogP contribution in [-0.2, 0) is 16.5 Å². The number of benzene rings is 1. The van der Waals surface area contributed by atoms with Gasteiger partial charge in [-0.1, -0.05) is 0 Å². The molecule has 146 valence electrons. The first kappa shape index (κ1) is 17.4. The van der Waals surface area contributed by atoms with Gasteiger partial charge in [0.25, 0.3) is 0 Å². The number of aromatic hydroxyl groups is 1. The fourth-order valence-electron chi connectivity index (χ4n) is 4.53. The number of phenolic OH excluding ortho intramolecular Hbond substituents is 1. The Labute approximate surface area is 158 Å². The van der Waals surface area contributed by atoms with E-state index in [4.69, 9.17) is 4.74 Å². The van der Waals surface area contributed by atoms with E-state index in [-0.39, 0.29) is 28.0 Å². The van der Waals surface area contributed by atoms with Crippen molar-refractivity contribution >= 4 is 11.2 Å². The molecule has 0 saturated heterocycles. The Morgan fingerprint density at radius 3 is 2.54 bits per heavy atom. The van der Waals surface area contributed by atoms with Gasteiger partial charge in [-0.2, -0.15) is 18.3 Å². The second-order valence-electron chi connectivity index (χ2n) is 7.86. The van der Waals surface area contributed by atoms with Crippen LogP contribution in [0.5, 0.6) is 5.75 Å². The van der Waals surface area contributed by atoms with E-state index in [0.717, 1.165) is 25.3 Å². The van der Waals surface area contributed by atoms with Crippen LogP contribution in [0.15, 0.2) is 24.5 Å². The van der Waals surface area contributed by atoms with Crippen LogP contribution >= 0.6 is 0 Å². The van der Waals surface area contributed by atoms with Crippen LogP contribution in [0.25, 0.3) is 22.4 Å². The van der Waals surface area contributed by atoms with Crippen molar-refractivity contribution in [2.45, 2.75) is 43.5 Å². The molecule has 28 heavy (non-hydrogen) atoms. The molecule has 6 rings (SSSR count). The molecule has 9 heteroatoms. The minimum absolute atomic E-state index is 0.0206. The zero-order valence-corrected chi connectivity index (χ0v) is 15.2. The SMILES string of the molecule is COC12CC(n3cc4ncc(-c5c(C)cc(C(F)(F)F)cc5O)nc4n3)(C1)C2. The number of methoxy groups -OCH3 is 1. The Kier molecular flexibility index (Phi) is 3.25. The Hall–Kier alpha value is -2.68. The van der Waals surface area contributed by atoms with E-state index in [1.165, 1.54) is 13.1 Å². The second kappa shape index (κ2) is 5.22. The fraction of sp³-hybridized carbons (Fsp3) is 0.421. The van der Waals surface area contributed by atoms with E-state index >= 15 is 0 Å². The summed E-state index contributed by atoms with van der Waals surface area (Å²) >= 11 is 0. The molecule has 1 aromatic carbocycles. The molecule has 3 saturated carbocycles. The first-order valence-electron chi connectivity index (χ1n) is 8.84. The highest BCUT2D eigenvalue weighted by Gasteiger charge is 2.70. The molecule has 3 aliphatic carbocycles. The van der Waals surface area contributed by atoms with Gasteiger partial charge >= 0.3 is 6.18 Å². The normalized spacial score (nSPS) is 26.2. The van der Waals surface area contributed by atoms with Gasteiger partial charge in [-0.25, -0.2) is 9.97 Å². The number of hydrogen-bond donors (Lipinski definition) is 1. The summed E-state index contributed by atoms with van der Waals surface area (Å²) in [5.41, 5.74) is 0.796. The number of alkyl halides is 3. The number of halogens is 3. The van der Waals surface area contributed by atoms with Gasteiger partial charge < -0.3 is 9.84 Å². The molecular weight excluding hydrogens is 373 g/mol. The predicted octanol–water partition coefficient (Wildman–Crippen LogP) is 3.80. The third kappa shape index (κ3) is 2.28. The number of aromatic nitrogens is 4. The van der Waals surface area contributed by atoms with E-state index in [2.05, 4.69) is 15.1 Å². The van der Waals surface area contributed by atoms with Crippen LogP contribution in [0.1, 0.15) is 30.4 Å². The molecule has 0 aliphatic heterocycles. The largest absolute Gasteiger partial charge is 0.507 e. The lowest BCUT2D eigenvalue weighted by Crippen LogP contribution is -2.73. The summed E-state index contributed by atoms with van der Waals surface area (Å²) in [7, 11) is 1.72. The molecule has 0 amide bonds. The van der Waals surface area contributed by atoms with Crippen LogP contribution in [-0.4, -0.2) is 37.6 Å². The van der Waals surface area contributed by atoms with Crippen molar-refractivity contribution < 1.29 is 23.0 Å². The van der Waals surface area contributed by atoms with Crippen molar-refractivity contribution in [3.05, 3.63) is 35.7 Å². The molecule has 2 aromatic heterocycles. The second-order valence-corrected chi connectivity index (χ2v) is 7.86. The third-order valence-electron chi connectivity index (χ3n) is 6.00. The lowest BCUT2D eigenvalue weighted by Gasteiger charge is -2.68. The molecule has 0 spiro atoms. The summed E-state index contributed by atoms with van der Waals surface area (Å²) in [6.07, 6.45) is 1.45. The molecule has 6 nitrogen and oxygen atoms in total. The van der Waals surface area contributed by atoms with Gasteiger partial charge in [0, 0.05) is 31.9 Å². The summed E-state index contributed by atoms with van der Waals surface area (Å²) in [5, 5.41) is 14.7. The standard InChI is InChI=1S/C19H17F3N4O2/c1-10-3-11(19(20,21)22)4-14(27)15(10)12-5-23-13-6-26(25-16(13)24-12)17-7-18(8-17,9-17)28-2/h3-6,27H,7-9H2,1-2H3. The highest BCUT2D eigenvalue weighted by Crippen LogP contribution is 2.66. The summed E-state index contributed by atoms with van der Waals surface area (Å²) in [6.45, 7) is 1.50.